The number of H-pyrrole nitrogens is 1. The van der Waals surface area contributed by atoms with Gasteiger partial charge in [-0.3, -0.25) is 9.78 Å². The number of rotatable bonds is 3. The molecule has 0 aliphatic rings. The van der Waals surface area contributed by atoms with Crippen molar-refractivity contribution in [2.45, 2.75) is 19.8 Å². The third kappa shape index (κ3) is 2.52. The summed E-state index contributed by atoms with van der Waals surface area (Å²) in [5, 5.41) is 0.663. The molecule has 5 nitrogen and oxygen atoms in total. The molecule has 1 N–H and O–H groups in total. The van der Waals surface area contributed by atoms with Crippen molar-refractivity contribution >= 4 is 22.5 Å². The van der Waals surface area contributed by atoms with Gasteiger partial charge in [0.2, 0.25) is 0 Å². The third-order valence-corrected chi connectivity index (χ3v) is 3.53. The molecule has 0 fully saturated rings. The van der Waals surface area contributed by atoms with Crippen molar-refractivity contribution in [2.75, 3.05) is 0 Å². The van der Waals surface area contributed by atoms with E-state index in [1.165, 1.54) is 6.20 Å². The second kappa shape index (κ2) is 5.61. The standard InChI is InChI=1S/C15H13ClN4O/c1-2-3-9-8-17-6-4-10(9)14-19-12-11(15(21)20-14)5-7-18-13(12)16/h4-8H,2-3H2,1H3,(H,19,20,21). The molecule has 0 bridgehead atoms. The number of aryl methyl sites for hydroxylation is 1. The van der Waals surface area contributed by atoms with Gasteiger partial charge in [0.1, 0.15) is 11.3 Å². The van der Waals surface area contributed by atoms with Gasteiger partial charge in [-0.1, -0.05) is 24.9 Å². The van der Waals surface area contributed by atoms with Crippen molar-refractivity contribution in [3.8, 4) is 11.4 Å². The Labute approximate surface area is 126 Å². The van der Waals surface area contributed by atoms with Gasteiger partial charge in [-0.25, -0.2) is 9.97 Å². The van der Waals surface area contributed by atoms with Crippen LogP contribution in [0, 0.1) is 0 Å². The molecule has 0 aliphatic carbocycles. The predicted octanol–water partition coefficient (Wildman–Crippen LogP) is 2.99. The largest absolute Gasteiger partial charge is 0.306 e. The van der Waals surface area contributed by atoms with Gasteiger partial charge in [0.25, 0.3) is 5.56 Å². The Morgan fingerprint density at radius 2 is 2.14 bits per heavy atom. The van der Waals surface area contributed by atoms with E-state index in [1.807, 2.05) is 6.07 Å². The summed E-state index contributed by atoms with van der Waals surface area (Å²) in [5.41, 5.74) is 2.10. The number of nitrogens with one attached hydrogen (secondary N) is 1. The lowest BCUT2D eigenvalue weighted by molar-refractivity contribution is 0.912. The van der Waals surface area contributed by atoms with Crippen LogP contribution < -0.4 is 5.56 Å². The number of fused-ring (bicyclic) bond motifs is 1. The third-order valence-electron chi connectivity index (χ3n) is 3.26. The van der Waals surface area contributed by atoms with Gasteiger partial charge in [-0.05, 0) is 24.1 Å². The van der Waals surface area contributed by atoms with Crippen molar-refractivity contribution in [2.24, 2.45) is 0 Å². The second-order valence-electron chi connectivity index (χ2n) is 4.70. The number of hydrogen-bond acceptors (Lipinski definition) is 4. The topological polar surface area (TPSA) is 71.5 Å². The normalized spacial score (nSPS) is 11.0. The van der Waals surface area contributed by atoms with E-state index >= 15 is 0 Å². The number of halogens is 1. The summed E-state index contributed by atoms with van der Waals surface area (Å²) in [6.45, 7) is 2.09. The summed E-state index contributed by atoms with van der Waals surface area (Å²) in [5.74, 6) is 0.494. The van der Waals surface area contributed by atoms with E-state index in [-0.39, 0.29) is 10.7 Å². The Hall–Kier alpha value is -2.27. The fourth-order valence-corrected chi connectivity index (χ4v) is 2.49. The lowest BCUT2D eigenvalue weighted by atomic mass is 10.1. The maximum Gasteiger partial charge on any atom is 0.259 e. The van der Waals surface area contributed by atoms with E-state index < -0.39 is 0 Å². The summed E-state index contributed by atoms with van der Waals surface area (Å²) >= 11 is 6.05. The molecule has 0 aromatic carbocycles. The second-order valence-corrected chi connectivity index (χ2v) is 5.05. The summed E-state index contributed by atoms with van der Waals surface area (Å²) in [6.07, 6.45) is 6.83. The molecule has 106 valence electrons. The highest BCUT2D eigenvalue weighted by Gasteiger charge is 2.11. The number of hydrogen-bond donors (Lipinski definition) is 1. The molecule has 0 spiro atoms. The van der Waals surface area contributed by atoms with Gasteiger partial charge in [-0.2, -0.15) is 0 Å². The minimum atomic E-state index is -0.224. The van der Waals surface area contributed by atoms with Crippen molar-refractivity contribution in [3.05, 3.63) is 51.8 Å². The molecular formula is C15H13ClN4O. The molecule has 0 amide bonds. The van der Waals surface area contributed by atoms with E-state index in [1.54, 1.807) is 18.5 Å². The van der Waals surface area contributed by atoms with Gasteiger partial charge >= 0.3 is 0 Å². The first-order valence-electron chi connectivity index (χ1n) is 6.68. The first-order valence-corrected chi connectivity index (χ1v) is 7.06. The Morgan fingerprint density at radius 1 is 1.29 bits per heavy atom. The highest BCUT2D eigenvalue weighted by atomic mass is 35.5. The predicted molar refractivity (Wildman–Crippen MR) is 82.4 cm³/mol. The van der Waals surface area contributed by atoms with Crippen LogP contribution in [0.2, 0.25) is 5.15 Å². The fourth-order valence-electron chi connectivity index (χ4n) is 2.29. The summed E-state index contributed by atoms with van der Waals surface area (Å²) in [4.78, 5) is 27.6. The minimum absolute atomic E-state index is 0.224. The maximum atomic E-state index is 12.2. The van der Waals surface area contributed by atoms with E-state index in [4.69, 9.17) is 11.6 Å². The Kier molecular flexibility index (Phi) is 3.66. The van der Waals surface area contributed by atoms with Crippen LogP contribution in [-0.2, 0) is 6.42 Å². The van der Waals surface area contributed by atoms with Crippen LogP contribution in [0.3, 0.4) is 0 Å². The molecule has 0 unspecified atom stereocenters. The monoisotopic (exact) mass is 300 g/mol. The van der Waals surface area contributed by atoms with Crippen LogP contribution in [0.15, 0.2) is 35.5 Å². The first-order chi connectivity index (χ1) is 10.2. The molecule has 3 aromatic heterocycles. The van der Waals surface area contributed by atoms with Crippen LogP contribution in [0.5, 0.6) is 0 Å². The first kappa shape index (κ1) is 13.7. The lowest BCUT2D eigenvalue weighted by Crippen LogP contribution is -2.11. The molecule has 0 radical (unpaired) electrons. The lowest BCUT2D eigenvalue weighted by Gasteiger charge is -2.08. The Balaban J connectivity index is 2.27. The SMILES string of the molecule is CCCc1cnccc1-c1nc2c(Cl)nccc2c(=O)[nH]1. The maximum absolute atomic E-state index is 12.2. The molecule has 3 heterocycles. The highest BCUT2D eigenvalue weighted by Crippen LogP contribution is 2.23. The van der Waals surface area contributed by atoms with E-state index in [2.05, 4.69) is 26.9 Å². The van der Waals surface area contributed by atoms with Crippen LogP contribution in [0.25, 0.3) is 22.3 Å². The molecule has 0 atom stereocenters. The molecule has 0 saturated carbocycles. The quantitative estimate of drug-likeness (QED) is 0.755. The van der Waals surface area contributed by atoms with E-state index in [9.17, 15) is 4.79 Å². The van der Waals surface area contributed by atoms with Crippen molar-refractivity contribution in [3.63, 3.8) is 0 Å². The Morgan fingerprint density at radius 3 is 2.95 bits per heavy atom. The molecule has 3 rings (SSSR count). The minimum Gasteiger partial charge on any atom is -0.306 e. The summed E-state index contributed by atoms with van der Waals surface area (Å²) < 4.78 is 0. The van der Waals surface area contributed by atoms with Crippen molar-refractivity contribution in [1.29, 1.82) is 0 Å². The average Bonchev–Trinajstić information content (AvgIpc) is 2.49. The van der Waals surface area contributed by atoms with Gasteiger partial charge in [0.05, 0.1) is 5.39 Å². The summed E-state index contributed by atoms with van der Waals surface area (Å²) in [7, 11) is 0. The van der Waals surface area contributed by atoms with Gasteiger partial charge < -0.3 is 4.98 Å². The molecule has 3 aromatic rings. The number of nitrogens with zero attached hydrogens (tertiary/aromatic N) is 3. The highest BCUT2D eigenvalue weighted by molar-refractivity contribution is 6.33. The van der Waals surface area contributed by atoms with Gasteiger partial charge in [0, 0.05) is 24.2 Å². The zero-order valence-electron chi connectivity index (χ0n) is 11.4. The van der Waals surface area contributed by atoms with Crippen molar-refractivity contribution in [1.82, 2.24) is 19.9 Å². The fraction of sp³-hybridized carbons (Fsp3) is 0.200. The zero-order chi connectivity index (χ0) is 14.8. The molecule has 21 heavy (non-hydrogen) atoms. The van der Waals surface area contributed by atoms with Gasteiger partial charge in [0.15, 0.2) is 5.15 Å². The van der Waals surface area contributed by atoms with Crippen LogP contribution in [0.1, 0.15) is 18.9 Å². The van der Waals surface area contributed by atoms with Crippen LogP contribution in [0.4, 0.5) is 0 Å². The number of aromatic amines is 1. The smallest absolute Gasteiger partial charge is 0.259 e. The van der Waals surface area contributed by atoms with Crippen LogP contribution in [-0.4, -0.2) is 19.9 Å². The Bertz CT molecular complexity index is 860. The number of aromatic nitrogens is 4. The van der Waals surface area contributed by atoms with Crippen LogP contribution >= 0.6 is 11.6 Å². The van der Waals surface area contributed by atoms with Crippen molar-refractivity contribution < 1.29 is 0 Å². The van der Waals surface area contributed by atoms with E-state index in [0.29, 0.717) is 16.7 Å². The molecule has 0 saturated heterocycles. The zero-order valence-corrected chi connectivity index (χ0v) is 12.2. The average molecular weight is 301 g/mol. The van der Waals surface area contributed by atoms with E-state index in [0.717, 1.165) is 24.0 Å². The molecular weight excluding hydrogens is 288 g/mol. The number of pyridine rings is 2. The molecule has 0 aliphatic heterocycles. The summed E-state index contributed by atoms with van der Waals surface area (Å²) in [6, 6.07) is 3.45. The van der Waals surface area contributed by atoms with Gasteiger partial charge in [-0.15, -0.1) is 0 Å². The molecule has 6 heteroatoms.